The van der Waals surface area contributed by atoms with Crippen molar-refractivity contribution >= 4 is 22.8 Å². The normalized spacial score (nSPS) is 19.4. The Hall–Kier alpha value is -3.61. The summed E-state index contributed by atoms with van der Waals surface area (Å²) < 4.78 is 30.6. The van der Waals surface area contributed by atoms with E-state index in [2.05, 4.69) is 27.2 Å². The van der Waals surface area contributed by atoms with Crippen LogP contribution in [0.5, 0.6) is 0 Å². The van der Waals surface area contributed by atoms with Crippen molar-refractivity contribution in [3.8, 4) is 23.1 Å². The Labute approximate surface area is 198 Å². The second-order valence-corrected chi connectivity index (χ2v) is 9.17. The summed E-state index contributed by atoms with van der Waals surface area (Å²) in [7, 11) is 0. The molecule has 2 unspecified atom stereocenters. The minimum absolute atomic E-state index is 0.0521. The molecule has 1 amide bonds. The Morgan fingerprint density at radius 2 is 1.97 bits per heavy atom. The topological polar surface area (TPSA) is 85.3 Å². The summed E-state index contributed by atoms with van der Waals surface area (Å²) in [6.07, 6.45) is 3.92. The van der Waals surface area contributed by atoms with Crippen LogP contribution >= 0.6 is 11.3 Å². The molecule has 0 radical (unpaired) electrons. The molecule has 2 atom stereocenters. The predicted molar refractivity (Wildman–Crippen MR) is 127 cm³/mol. The average molecular weight is 478 g/mol. The molecule has 172 valence electrons. The first-order chi connectivity index (χ1) is 16.4. The van der Waals surface area contributed by atoms with Crippen LogP contribution in [0.2, 0.25) is 0 Å². The Bertz CT molecular complexity index is 1400. The van der Waals surface area contributed by atoms with E-state index in [1.165, 1.54) is 0 Å². The second kappa shape index (κ2) is 8.97. The van der Waals surface area contributed by atoms with Crippen molar-refractivity contribution in [1.82, 2.24) is 19.9 Å². The summed E-state index contributed by atoms with van der Waals surface area (Å²) in [5.41, 5.74) is 8.71. The number of amides is 1. The Kier molecular flexibility index (Phi) is 5.86. The molecule has 1 fully saturated rings. The van der Waals surface area contributed by atoms with Crippen LogP contribution in [0.25, 0.3) is 16.8 Å². The molecular formula is C25H21F2N5OS. The molecule has 1 aliphatic rings. The van der Waals surface area contributed by atoms with E-state index in [9.17, 15) is 13.6 Å². The number of halogens is 2. The minimum atomic E-state index is -3.06. The lowest BCUT2D eigenvalue weighted by molar-refractivity contribution is -0.0674. The van der Waals surface area contributed by atoms with Gasteiger partial charge >= 0.3 is 0 Å². The first kappa shape index (κ1) is 22.2. The highest BCUT2D eigenvalue weighted by molar-refractivity contribution is 7.14. The number of rotatable bonds is 3. The average Bonchev–Trinajstić information content (AvgIpc) is 3.45. The van der Waals surface area contributed by atoms with E-state index in [1.807, 2.05) is 48.5 Å². The number of nitrogens with two attached hydrogens (primary N) is 1. The van der Waals surface area contributed by atoms with Crippen LogP contribution in [0, 0.1) is 11.8 Å². The first-order valence-electron chi connectivity index (χ1n) is 10.9. The molecule has 4 aromatic rings. The number of carbonyl (C=O) groups is 1. The van der Waals surface area contributed by atoms with Crippen molar-refractivity contribution in [3.63, 3.8) is 0 Å². The summed E-state index contributed by atoms with van der Waals surface area (Å²) in [4.78, 5) is 18.1. The number of hydrogen-bond donors (Lipinski definition) is 2. The Balaban J connectivity index is 1.54. The van der Waals surface area contributed by atoms with Gasteiger partial charge in [0.1, 0.15) is 16.6 Å². The molecule has 3 heterocycles. The second-order valence-electron chi connectivity index (χ2n) is 8.17. The van der Waals surface area contributed by atoms with Crippen molar-refractivity contribution in [2.45, 2.75) is 37.3 Å². The van der Waals surface area contributed by atoms with E-state index in [0.717, 1.165) is 22.4 Å². The van der Waals surface area contributed by atoms with Gasteiger partial charge in [-0.15, -0.1) is 0 Å². The molecule has 6 nitrogen and oxygen atoms in total. The highest BCUT2D eigenvalue weighted by Crippen LogP contribution is 2.34. The van der Waals surface area contributed by atoms with Gasteiger partial charge < -0.3 is 11.1 Å². The third-order valence-electron chi connectivity index (χ3n) is 5.81. The number of thiazole rings is 1. The summed E-state index contributed by atoms with van der Waals surface area (Å²) in [6.45, 7) is 0. The molecule has 1 aliphatic carbocycles. The van der Waals surface area contributed by atoms with Gasteiger partial charge in [0.05, 0.1) is 11.7 Å². The molecule has 0 bridgehead atoms. The molecule has 34 heavy (non-hydrogen) atoms. The van der Waals surface area contributed by atoms with Gasteiger partial charge in [-0.1, -0.05) is 41.5 Å². The van der Waals surface area contributed by atoms with Crippen LogP contribution in [0.1, 0.15) is 39.5 Å². The standard InChI is InChI=1S/C25H21F2N5OS/c26-25(27)13-6-9-18(28)22(25)31-23(33)24-30-21(17-15-29-32-14-5-4-10-19(17)32)20(34-24)12-11-16-7-2-1-3-8-16/h1-5,7-8,10,14-15,18,22H,6,9,13,28H2,(H,31,33). The number of carbonyl (C=O) groups excluding carboxylic acids is 1. The van der Waals surface area contributed by atoms with Gasteiger partial charge in [-0.05, 0) is 43.0 Å². The van der Waals surface area contributed by atoms with Crippen molar-refractivity contribution in [3.05, 3.63) is 76.4 Å². The highest BCUT2D eigenvalue weighted by Gasteiger charge is 2.46. The maximum Gasteiger partial charge on any atom is 0.280 e. The number of aromatic nitrogens is 3. The number of hydrogen-bond acceptors (Lipinski definition) is 5. The quantitative estimate of drug-likeness (QED) is 0.435. The van der Waals surface area contributed by atoms with Crippen molar-refractivity contribution in [1.29, 1.82) is 0 Å². The van der Waals surface area contributed by atoms with Crippen LogP contribution in [0.4, 0.5) is 8.78 Å². The van der Waals surface area contributed by atoms with E-state index in [1.54, 1.807) is 16.9 Å². The maximum atomic E-state index is 14.4. The number of alkyl halides is 2. The molecule has 5 rings (SSSR count). The number of benzene rings is 1. The SMILES string of the molecule is NC1CCCC(F)(F)C1NC(=O)c1nc(-c2cnn3ccccc23)c(C#Cc2ccccc2)s1. The fraction of sp³-hybridized carbons (Fsp3) is 0.240. The zero-order valence-electron chi connectivity index (χ0n) is 18.0. The third-order valence-corrected chi connectivity index (χ3v) is 6.78. The van der Waals surface area contributed by atoms with Gasteiger partial charge in [0.15, 0.2) is 5.01 Å². The first-order valence-corrected chi connectivity index (χ1v) is 11.7. The van der Waals surface area contributed by atoms with Gasteiger partial charge in [-0.3, -0.25) is 4.79 Å². The third kappa shape index (κ3) is 4.30. The van der Waals surface area contributed by atoms with Crippen LogP contribution in [-0.4, -0.2) is 38.5 Å². The zero-order valence-corrected chi connectivity index (χ0v) is 18.9. The fourth-order valence-electron chi connectivity index (χ4n) is 4.08. The number of fused-ring (bicyclic) bond motifs is 1. The van der Waals surface area contributed by atoms with Gasteiger partial charge in [0, 0.05) is 29.8 Å². The van der Waals surface area contributed by atoms with Crippen LogP contribution in [-0.2, 0) is 0 Å². The van der Waals surface area contributed by atoms with Crippen molar-refractivity contribution < 1.29 is 13.6 Å². The molecule has 0 spiro atoms. The van der Waals surface area contributed by atoms with E-state index in [4.69, 9.17) is 5.73 Å². The van der Waals surface area contributed by atoms with Crippen LogP contribution in [0.3, 0.4) is 0 Å². The van der Waals surface area contributed by atoms with E-state index in [-0.39, 0.29) is 11.4 Å². The molecular weight excluding hydrogens is 456 g/mol. The summed E-state index contributed by atoms with van der Waals surface area (Å²) in [5.74, 6) is 2.44. The lowest BCUT2D eigenvalue weighted by Crippen LogP contribution is -2.59. The van der Waals surface area contributed by atoms with Gasteiger partial charge in [-0.2, -0.15) is 5.10 Å². The largest absolute Gasteiger partial charge is 0.340 e. The molecule has 3 aromatic heterocycles. The number of nitrogens with zero attached hydrogens (tertiary/aromatic N) is 3. The monoisotopic (exact) mass is 477 g/mol. The fourth-order valence-corrected chi connectivity index (χ4v) is 4.91. The molecule has 3 N–H and O–H groups in total. The molecule has 9 heteroatoms. The smallest absolute Gasteiger partial charge is 0.280 e. The Morgan fingerprint density at radius 1 is 1.18 bits per heavy atom. The molecule has 0 saturated heterocycles. The molecule has 1 saturated carbocycles. The highest BCUT2D eigenvalue weighted by atomic mass is 32.1. The van der Waals surface area contributed by atoms with E-state index >= 15 is 0 Å². The number of pyridine rings is 1. The van der Waals surface area contributed by atoms with Crippen LogP contribution < -0.4 is 11.1 Å². The lowest BCUT2D eigenvalue weighted by atomic mass is 9.87. The van der Waals surface area contributed by atoms with E-state index < -0.39 is 23.9 Å². The molecule has 1 aromatic carbocycles. The van der Waals surface area contributed by atoms with Gasteiger partial charge in [0.2, 0.25) is 0 Å². The minimum Gasteiger partial charge on any atom is -0.340 e. The molecule has 0 aliphatic heterocycles. The number of nitrogens with one attached hydrogen (secondary N) is 1. The Morgan fingerprint density at radius 3 is 2.76 bits per heavy atom. The van der Waals surface area contributed by atoms with Gasteiger partial charge in [-0.25, -0.2) is 18.3 Å². The predicted octanol–water partition coefficient (Wildman–Crippen LogP) is 4.10. The van der Waals surface area contributed by atoms with E-state index in [0.29, 0.717) is 29.0 Å². The maximum absolute atomic E-state index is 14.4. The summed E-state index contributed by atoms with van der Waals surface area (Å²) in [6, 6.07) is 12.8. The summed E-state index contributed by atoms with van der Waals surface area (Å²) in [5, 5.41) is 6.84. The summed E-state index contributed by atoms with van der Waals surface area (Å²) >= 11 is 1.06. The van der Waals surface area contributed by atoms with Gasteiger partial charge in [0.25, 0.3) is 11.8 Å². The van der Waals surface area contributed by atoms with Crippen LogP contribution in [0.15, 0.2) is 60.9 Å². The van der Waals surface area contributed by atoms with Crippen molar-refractivity contribution in [2.24, 2.45) is 5.73 Å². The zero-order chi connectivity index (χ0) is 23.7. The lowest BCUT2D eigenvalue weighted by Gasteiger charge is -2.36. The van der Waals surface area contributed by atoms with Crippen molar-refractivity contribution in [2.75, 3.05) is 0 Å².